The second kappa shape index (κ2) is 5.00. The minimum Gasteiger partial charge on any atom is -0.399 e. The van der Waals surface area contributed by atoms with E-state index in [0.29, 0.717) is 6.54 Å². The van der Waals surface area contributed by atoms with Gasteiger partial charge in [-0.1, -0.05) is 6.92 Å². The number of aromatic nitrogens is 4. The molecule has 0 bridgehead atoms. The molecule has 0 radical (unpaired) electrons. The number of nitrogens with zero attached hydrogens (tertiary/aromatic N) is 4. The van der Waals surface area contributed by atoms with E-state index in [-0.39, 0.29) is 0 Å². The summed E-state index contributed by atoms with van der Waals surface area (Å²) in [7, 11) is 0. The van der Waals surface area contributed by atoms with Gasteiger partial charge < -0.3 is 5.73 Å². The summed E-state index contributed by atoms with van der Waals surface area (Å²) in [4.78, 5) is 0. The molecule has 0 amide bonds. The van der Waals surface area contributed by atoms with E-state index in [1.807, 2.05) is 33.8 Å². The summed E-state index contributed by atoms with van der Waals surface area (Å²) in [5.41, 5.74) is 9.99. The maximum atomic E-state index is 5.87. The van der Waals surface area contributed by atoms with Crippen molar-refractivity contribution in [3.63, 3.8) is 0 Å². The van der Waals surface area contributed by atoms with Crippen LogP contribution in [-0.2, 0) is 19.5 Å². The highest BCUT2D eigenvalue weighted by atomic mass is 15.3. The van der Waals surface area contributed by atoms with Crippen LogP contribution >= 0.6 is 0 Å². The molecule has 5 heteroatoms. The molecule has 0 aliphatic carbocycles. The van der Waals surface area contributed by atoms with Crippen molar-refractivity contribution in [3.05, 3.63) is 41.9 Å². The molecule has 0 spiro atoms. The van der Waals surface area contributed by atoms with Gasteiger partial charge in [0.25, 0.3) is 0 Å². The Morgan fingerprint density at radius 1 is 1.15 bits per heavy atom. The van der Waals surface area contributed by atoms with E-state index < -0.39 is 0 Å². The second-order valence-electron chi connectivity index (χ2n) is 4.92. The molecule has 0 saturated heterocycles. The first-order valence-corrected chi connectivity index (χ1v) is 6.98. The van der Waals surface area contributed by atoms with E-state index in [0.717, 1.165) is 35.2 Å². The molecule has 2 aromatic heterocycles. The smallest absolute Gasteiger partial charge is 0.0835 e. The van der Waals surface area contributed by atoms with Crippen LogP contribution in [0.15, 0.2) is 30.5 Å². The molecule has 0 aliphatic heterocycles. The molecule has 20 heavy (non-hydrogen) atoms. The fourth-order valence-corrected chi connectivity index (χ4v) is 2.46. The molecule has 0 atom stereocenters. The third kappa shape index (κ3) is 2.15. The molecule has 0 saturated carbocycles. The summed E-state index contributed by atoms with van der Waals surface area (Å²) in [6.07, 6.45) is 2.83. The largest absolute Gasteiger partial charge is 0.399 e. The van der Waals surface area contributed by atoms with E-state index in [9.17, 15) is 0 Å². The molecule has 1 aromatic carbocycles. The first-order valence-electron chi connectivity index (χ1n) is 6.98. The first-order chi connectivity index (χ1) is 9.71. The van der Waals surface area contributed by atoms with Crippen LogP contribution in [0, 0.1) is 0 Å². The fourth-order valence-electron chi connectivity index (χ4n) is 2.46. The number of nitrogen functional groups attached to an aromatic ring is 1. The normalized spacial score (nSPS) is 11.3. The highest BCUT2D eigenvalue weighted by Gasteiger charge is 2.09. The average molecular weight is 269 g/mol. The third-order valence-corrected chi connectivity index (χ3v) is 3.56. The molecule has 0 aliphatic rings. The Kier molecular flexibility index (Phi) is 3.18. The van der Waals surface area contributed by atoms with Crippen molar-refractivity contribution < 1.29 is 0 Å². The fraction of sp³-hybridized carbons (Fsp3) is 0.333. The van der Waals surface area contributed by atoms with Gasteiger partial charge >= 0.3 is 0 Å². The van der Waals surface area contributed by atoms with E-state index in [4.69, 9.17) is 5.73 Å². The van der Waals surface area contributed by atoms with E-state index >= 15 is 0 Å². The zero-order valence-electron chi connectivity index (χ0n) is 11.9. The molecule has 104 valence electrons. The average Bonchev–Trinajstić information content (AvgIpc) is 3.03. The van der Waals surface area contributed by atoms with Crippen LogP contribution in [0.2, 0.25) is 0 Å². The van der Waals surface area contributed by atoms with Crippen molar-refractivity contribution in [1.82, 2.24) is 19.6 Å². The summed E-state index contributed by atoms with van der Waals surface area (Å²) in [5.74, 6) is 0. The van der Waals surface area contributed by atoms with Crippen molar-refractivity contribution >= 4 is 16.6 Å². The minimum atomic E-state index is 0.716. The number of rotatable bonds is 4. The van der Waals surface area contributed by atoms with Crippen molar-refractivity contribution in [1.29, 1.82) is 0 Å². The standard InChI is InChI=1S/C15H19N5/c1-3-13-8-14(19(4-2)18-13)10-20-15-7-12(16)6-5-11(15)9-17-20/h5-9H,3-4,10,16H2,1-2H3. The number of anilines is 1. The summed E-state index contributed by atoms with van der Waals surface area (Å²) >= 11 is 0. The van der Waals surface area contributed by atoms with Crippen molar-refractivity contribution in [2.45, 2.75) is 33.4 Å². The lowest BCUT2D eigenvalue weighted by molar-refractivity contribution is 0.581. The van der Waals surface area contributed by atoms with Gasteiger partial charge in [0.15, 0.2) is 0 Å². The molecule has 2 N–H and O–H groups in total. The van der Waals surface area contributed by atoms with Gasteiger partial charge in [-0.25, -0.2) is 0 Å². The van der Waals surface area contributed by atoms with Crippen LogP contribution in [-0.4, -0.2) is 19.6 Å². The van der Waals surface area contributed by atoms with Gasteiger partial charge in [-0.3, -0.25) is 9.36 Å². The Labute approximate surface area is 118 Å². The van der Waals surface area contributed by atoms with Gasteiger partial charge in [0, 0.05) is 17.6 Å². The van der Waals surface area contributed by atoms with Gasteiger partial charge in [-0.15, -0.1) is 0 Å². The van der Waals surface area contributed by atoms with E-state index in [2.05, 4.69) is 30.1 Å². The molecule has 0 fully saturated rings. The SMILES string of the molecule is CCc1cc(Cn2ncc3ccc(N)cc32)n(CC)n1. The lowest BCUT2D eigenvalue weighted by Crippen LogP contribution is -2.08. The van der Waals surface area contributed by atoms with Gasteiger partial charge in [-0.2, -0.15) is 10.2 Å². The van der Waals surface area contributed by atoms with Crippen LogP contribution in [0.25, 0.3) is 10.9 Å². The molecule has 5 nitrogen and oxygen atoms in total. The minimum absolute atomic E-state index is 0.716. The number of hydrogen-bond donors (Lipinski definition) is 1. The van der Waals surface area contributed by atoms with Crippen LogP contribution in [0.4, 0.5) is 5.69 Å². The zero-order valence-corrected chi connectivity index (χ0v) is 11.9. The molecule has 2 heterocycles. The Balaban J connectivity index is 2.00. The Morgan fingerprint density at radius 3 is 2.75 bits per heavy atom. The van der Waals surface area contributed by atoms with Crippen molar-refractivity contribution in [2.75, 3.05) is 5.73 Å². The Bertz CT molecular complexity index is 738. The third-order valence-electron chi connectivity index (χ3n) is 3.56. The highest BCUT2D eigenvalue weighted by molar-refractivity contribution is 5.81. The number of benzene rings is 1. The zero-order chi connectivity index (χ0) is 14.1. The van der Waals surface area contributed by atoms with Gasteiger partial charge in [0.2, 0.25) is 0 Å². The second-order valence-corrected chi connectivity index (χ2v) is 4.92. The monoisotopic (exact) mass is 269 g/mol. The molecule has 3 aromatic rings. The molecular formula is C15H19N5. The maximum Gasteiger partial charge on any atom is 0.0835 e. The van der Waals surface area contributed by atoms with E-state index in [1.54, 1.807) is 0 Å². The van der Waals surface area contributed by atoms with Gasteiger partial charge in [0.05, 0.1) is 29.6 Å². The van der Waals surface area contributed by atoms with Gasteiger partial charge in [0.1, 0.15) is 0 Å². The summed E-state index contributed by atoms with van der Waals surface area (Å²) in [6, 6.07) is 8.03. The van der Waals surface area contributed by atoms with Crippen LogP contribution in [0.1, 0.15) is 25.2 Å². The summed E-state index contributed by atoms with van der Waals surface area (Å²) in [6.45, 7) is 5.82. The predicted molar refractivity (Wildman–Crippen MR) is 80.5 cm³/mol. The van der Waals surface area contributed by atoms with Crippen molar-refractivity contribution in [3.8, 4) is 0 Å². The van der Waals surface area contributed by atoms with Crippen LogP contribution in [0.5, 0.6) is 0 Å². The summed E-state index contributed by atoms with van der Waals surface area (Å²) in [5, 5.41) is 10.1. The number of nitrogens with two attached hydrogens (primary N) is 1. The topological polar surface area (TPSA) is 61.7 Å². The van der Waals surface area contributed by atoms with Crippen LogP contribution in [0.3, 0.4) is 0 Å². The lowest BCUT2D eigenvalue weighted by atomic mass is 10.2. The molecule has 0 unspecified atom stereocenters. The number of aryl methyl sites for hydroxylation is 2. The Hall–Kier alpha value is -2.30. The highest BCUT2D eigenvalue weighted by Crippen LogP contribution is 2.18. The molecular weight excluding hydrogens is 250 g/mol. The van der Waals surface area contributed by atoms with Gasteiger partial charge in [-0.05, 0) is 37.6 Å². The quantitative estimate of drug-likeness (QED) is 0.740. The number of fused-ring (bicyclic) bond motifs is 1. The lowest BCUT2D eigenvalue weighted by Gasteiger charge is -2.06. The maximum absolute atomic E-state index is 5.87. The predicted octanol–water partition coefficient (Wildman–Crippen LogP) is 2.45. The number of hydrogen-bond acceptors (Lipinski definition) is 3. The van der Waals surface area contributed by atoms with Crippen molar-refractivity contribution in [2.24, 2.45) is 0 Å². The first kappa shape index (κ1) is 12.7. The molecule has 3 rings (SSSR count). The summed E-state index contributed by atoms with van der Waals surface area (Å²) < 4.78 is 4.02. The van der Waals surface area contributed by atoms with Crippen LogP contribution < -0.4 is 5.73 Å². The van der Waals surface area contributed by atoms with E-state index in [1.165, 1.54) is 5.69 Å². The Morgan fingerprint density at radius 2 is 2.00 bits per heavy atom.